The predicted octanol–water partition coefficient (Wildman–Crippen LogP) is 3.86. The predicted molar refractivity (Wildman–Crippen MR) is 98.4 cm³/mol. The second kappa shape index (κ2) is 7.53. The van der Waals surface area contributed by atoms with Crippen molar-refractivity contribution >= 4 is 17.6 Å². The molecule has 5 heteroatoms. The highest BCUT2D eigenvalue weighted by Gasteiger charge is 2.23. The van der Waals surface area contributed by atoms with E-state index in [0.717, 1.165) is 11.1 Å². The SMILES string of the molecule is O=C(O)c1ccc(O)c(NC(=O)C(c2ccccc2)c2ccccc2)c1. The minimum Gasteiger partial charge on any atom is -0.506 e. The fourth-order valence-electron chi connectivity index (χ4n) is 2.76. The van der Waals surface area contributed by atoms with E-state index in [9.17, 15) is 14.7 Å². The number of rotatable bonds is 5. The second-order valence-corrected chi connectivity index (χ2v) is 5.78. The molecule has 3 aromatic rings. The third-order valence-corrected chi connectivity index (χ3v) is 4.03. The molecule has 0 aliphatic heterocycles. The summed E-state index contributed by atoms with van der Waals surface area (Å²) in [7, 11) is 0. The molecule has 1 amide bonds. The normalized spacial score (nSPS) is 10.5. The van der Waals surface area contributed by atoms with Gasteiger partial charge in [-0.25, -0.2) is 4.79 Å². The first-order valence-corrected chi connectivity index (χ1v) is 8.03. The van der Waals surface area contributed by atoms with Crippen molar-refractivity contribution in [3.05, 3.63) is 95.6 Å². The van der Waals surface area contributed by atoms with Crippen LogP contribution in [-0.2, 0) is 4.79 Å². The van der Waals surface area contributed by atoms with Gasteiger partial charge in [-0.1, -0.05) is 60.7 Å². The van der Waals surface area contributed by atoms with Gasteiger partial charge in [-0.05, 0) is 29.3 Å². The van der Waals surface area contributed by atoms with Crippen molar-refractivity contribution < 1.29 is 19.8 Å². The Kier molecular flexibility index (Phi) is 4.99. The van der Waals surface area contributed by atoms with E-state index in [4.69, 9.17) is 5.11 Å². The number of carbonyl (C=O) groups excluding carboxylic acids is 1. The molecule has 0 atom stereocenters. The largest absolute Gasteiger partial charge is 0.506 e. The number of benzene rings is 3. The Bertz CT molecular complexity index is 884. The third-order valence-electron chi connectivity index (χ3n) is 4.03. The number of hydrogen-bond donors (Lipinski definition) is 3. The zero-order chi connectivity index (χ0) is 18.5. The first-order chi connectivity index (χ1) is 12.6. The van der Waals surface area contributed by atoms with Crippen LogP contribution in [-0.4, -0.2) is 22.1 Å². The monoisotopic (exact) mass is 347 g/mol. The molecule has 0 aliphatic carbocycles. The Morgan fingerprint density at radius 1 is 0.808 bits per heavy atom. The van der Waals surface area contributed by atoms with Crippen molar-refractivity contribution in [3.63, 3.8) is 0 Å². The molecular weight excluding hydrogens is 330 g/mol. The Balaban J connectivity index is 1.97. The van der Waals surface area contributed by atoms with Gasteiger partial charge in [0.15, 0.2) is 0 Å². The lowest BCUT2D eigenvalue weighted by Crippen LogP contribution is -2.22. The Labute approximate surface area is 150 Å². The maximum Gasteiger partial charge on any atom is 0.335 e. The van der Waals surface area contributed by atoms with E-state index in [2.05, 4.69) is 5.32 Å². The summed E-state index contributed by atoms with van der Waals surface area (Å²) in [6.07, 6.45) is 0. The molecule has 0 heterocycles. The summed E-state index contributed by atoms with van der Waals surface area (Å²) in [6, 6.07) is 22.3. The molecular formula is C21H17NO4. The molecule has 130 valence electrons. The number of aromatic carboxylic acids is 1. The summed E-state index contributed by atoms with van der Waals surface area (Å²) >= 11 is 0. The second-order valence-electron chi connectivity index (χ2n) is 5.78. The lowest BCUT2D eigenvalue weighted by molar-refractivity contribution is -0.116. The topological polar surface area (TPSA) is 86.6 Å². The molecule has 0 saturated carbocycles. The van der Waals surface area contributed by atoms with Crippen LogP contribution >= 0.6 is 0 Å². The van der Waals surface area contributed by atoms with Gasteiger partial charge in [-0.3, -0.25) is 4.79 Å². The zero-order valence-corrected chi connectivity index (χ0v) is 13.8. The van der Waals surface area contributed by atoms with Crippen molar-refractivity contribution in [2.24, 2.45) is 0 Å². The number of carboxylic acids is 1. The van der Waals surface area contributed by atoms with E-state index in [-0.39, 0.29) is 22.9 Å². The van der Waals surface area contributed by atoms with Gasteiger partial charge in [0, 0.05) is 0 Å². The average Bonchev–Trinajstić information content (AvgIpc) is 2.65. The van der Waals surface area contributed by atoms with E-state index < -0.39 is 11.9 Å². The molecule has 3 aromatic carbocycles. The molecule has 3 N–H and O–H groups in total. The van der Waals surface area contributed by atoms with Gasteiger partial charge in [0.2, 0.25) is 5.91 Å². The maximum absolute atomic E-state index is 13.0. The van der Waals surface area contributed by atoms with Crippen LogP contribution in [0.3, 0.4) is 0 Å². The van der Waals surface area contributed by atoms with Crippen LogP contribution in [0.2, 0.25) is 0 Å². The van der Waals surface area contributed by atoms with Crippen LogP contribution in [0.1, 0.15) is 27.4 Å². The van der Waals surface area contributed by atoms with Crippen LogP contribution in [0, 0.1) is 0 Å². The summed E-state index contributed by atoms with van der Waals surface area (Å²) < 4.78 is 0. The van der Waals surface area contributed by atoms with Gasteiger partial charge in [0.05, 0.1) is 17.2 Å². The molecule has 0 aliphatic rings. The molecule has 0 radical (unpaired) electrons. The molecule has 0 unspecified atom stereocenters. The first kappa shape index (κ1) is 17.2. The van der Waals surface area contributed by atoms with Gasteiger partial charge in [-0.2, -0.15) is 0 Å². The van der Waals surface area contributed by atoms with Crippen molar-refractivity contribution in [3.8, 4) is 5.75 Å². The summed E-state index contributed by atoms with van der Waals surface area (Å²) in [4.78, 5) is 24.1. The molecule has 5 nitrogen and oxygen atoms in total. The summed E-state index contributed by atoms with van der Waals surface area (Å²) in [5, 5.41) is 21.7. The van der Waals surface area contributed by atoms with Crippen LogP contribution < -0.4 is 5.32 Å². The van der Waals surface area contributed by atoms with Crippen molar-refractivity contribution in [1.29, 1.82) is 0 Å². The van der Waals surface area contributed by atoms with Crippen molar-refractivity contribution in [1.82, 2.24) is 0 Å². The van der Waals surface area contributed by atoms with E-state index >= 15 is 0 Å². The number of anilines is 1. The quantitative estimate of drug-likeness (QED) is 0.612. The smallest absolute Gasteiger partial charge is 0.335 e. The van der Waals surface area contributed by atoms with Crippen molar-refractivity contribution in [2.45, 2.75) is 5.92 Å². The van der Waals surface area contributed by atoms with Crippen LogP contribution in [0.25, 0.3) is 0 Å². The molecule has 3 rings (SSSR count). The van der Waals surface area contributed by atoms with E-state index in [1.54, 1.807) is 0 Å². The number of carboxylic acid groups (broad SMARTS) is 1. The summed E-state index contributed by atoms with van der Waals surface area (Å²) in [6.45, 7) is 0. The third kappa shape index (κ3) is 3.72. The minimum atomic E-state index is -1.14. The van der Waals surface area contributed by atoms with E-state index in [1.165, 1.54) is 18.2 Å². The molecule has 0 spiro atoms. The van der Waals surface area contributed by atoms with Gasteiger partial charge in [-0.15, -0.1) is 0 Å². The van der Waals surface area contributed by atoms with Crippen LogP contribution in [0.5, 0.6) is 5.75 Å². The van der Waals surface area contributed by atoms with Crippen molar-refractivity contribution in [2.75, 3.05) is 5.32 Å². The summed E-state index contributed by atoms with van der Waals surface area (Å²) in [5.74, 6) is -2.28. The number of hydrogen-bond acceptors (Lipinski definition) is 3. The highest BCUT2D eigenvalue weighted by Crippen LogP contribution is 2.29. The van der Waals surface area contributed by atoms with Gasteiger partial charge < -0.3 is 15.5 Å². The fourth-order valence-corrected chi connectivity index (χ4v) is 2.76. The van der Waals surface area contributed by atoms with Crippen LogP contribution in [0.15, 0.2) is 78.9 Å². The molecule has 26 heavy (non-hydrogen) atoms. The molecule has 0 fully saturated rings. The highest BCUT2D eigenvalue weighted by atomic mass is 16.4. The molecule has 0 saturated heterocycles. The Hall–Kier alpha value is -3.60. The lowest BCUT2D eigenvalue weighted by Gasteiger charge is -2.18. The lowest BCUT2D eigenvalue weighted by atomic mass is 9.90. The number of phenols is 1. The molecule has 0 bridgehead atoms. The Morgan fingerprint density at radius 3 is 1.85 bits per heavy atom. The van der Waals surface area contributed by atoms with Crippen LogP contribution in [0.4, 0.5) is 5.69 Å². The number of nitrogens with one attached hydrogen (secondary N) is 1. The number of amides is 1. The number of carbonyl (C=O) groups is 2. The maximum atomic E-state index is 13.0. The highest BCUT2D eigenvalue weighted by molar-refractivity contribution is 6.00. The molecule has 0 aromatic heterocycles. The summed E-state index contributed by atoms with van der Waals surface area (Å²) in [5.41, 5.74) is 1.64. The first-order valence-electron chi connectivity index (χ1n) is 8.03. The zero-order valence-electron chi connectivity index (χ0n) is 13.8. The standard InChI is InChI=1S/C21H17NO4/c23-18-12-11-16(21(25)26)13-17(18)22-20(24)19(14-7-3-1-4-8-14)15-9-5-2-6-10-15/h1-13,19,23H,(H,22,24)(H,25,26). The minimum absolute atomic E-state index is 0.0194. The van der Waals surface area contributed by atoms with Gasteiger partial charge in [0.1, 0.15) is 5.75 Å². The van der Waals surface area contributed by atoms with Gasteiger partial charge >= 0.3 is 5.97 Å². The average molecular weight is 347 g/mol. The van der Waals surface area contributed by atoms with Gasteiger partial charge in [0.25, 0.3) is 0 Å². The van der Waals surface area contributed by atoms with E-state index in [0.29, 0.717) is 0 Å². The number of phenolic OH excluding ortho intramolecular Hbond substituents is 1. The number of aromatic hydroxyl groups is 1. The van der Waals surface area contributed by atoms with E-state index in [1.807, 2.05) is 60.7 Å². The Morgan fingerprint density at radius 2 is 1.35 bits per heavy atom. The fraction of sp³-hybridized carbons (Fsp3) is 0.0476.